The first-order chi connectivity index (χ1) is 28.4. The number of fused-ring (bicyclic) bond motifs is 3. The lowest BCUT2D eigenvalue weighted by Gasteiger charge is -2.56. The highest BCUT2D eigenvalue weighted by molar-refractivity contribution is 7.22. The smallest absolute Gasteiger partial charge is 0.355 e. The number of nitrogens with zero attached hydrogens (tertiary/aromatic N) is 5. The quantitative estimate of drug-likeness (QED) is 0.0447. The summed E-state index contributed by atoms with van der Waals surface area (Å²) in [4.78, 5) is 24.3. The summed E-state index contributed by atoms with van der Waals surface area (Å²) in [5.74, 6) is 1.62. The Hall–Kier alpha value is -4.50. The topological polar surface area (TPSA) is 181 Å². The van der Waals surface area contributed by atoms with Crippen LogP contribution in [0, 0.1) is 35.0 Å². The van der Waals surface area contributed by atoms with Crippen LogP contribution in [-0.4, -0.2) is 87.6 Å². The molecule has 314 valence electrons. The molecule has 4 heterocycles. The lowest BCUT2D eigenvalue weighted by atomic mass is 9.53. The fourth-order valence-corrected chi connectivity index (χ4v) is 12.3. The number of nitrogens with one attached hydrogen (secondary N) is 4. The van der Waals surface area contributed by atoms with Crippen LogP contribution in [0.5, 0.6) is 0 Å². The largest absolute Gasteiger partial charge is 0.476 e. The number of carboxylic acids is 1. The molecule has 5 atom stereocenters. The first kappa shape index (κ1) is 41.2. The minimum atomic E-state index is -1.15. The zero-order valence-electron chi connectivity index (χ0n) is 34.9. The van der Waals surface area contributed by atoms with Crippen molar-refractivity contribution in [3.8, 4) is 0 Å². The number of allylic oxidation sites excluding steroid dienone is 2. The highest BCUT2D eigenvalue weighted by Crippen LogP contribution is 2.66. The number of aromatic carboxylic acids is 1. The third-order valence-corrected chi connectivity index (χ3v) is 14.3. The first-order valence-corrected chi connectivity index (χ1v) is 22.1. The molecule has 4 saturated carbocycles. The standard InChI is InChI=1S/C45H59N9O4S/c1-28-32-10-9-17-54(40(32)53-52-39(28)51-42-49-35-11-5-6-12-36(35)59-42)37-14-13-33(38(50-37)41(56)57)34(23-46)29(2)48-24-31-21-44(4)25-43(3)20-30(31)22-45(26-43,27-44)58-19-16-47-15-7-8-18-55/h5-6,11-14,23,30-31,46-48,55H,7-10,15-22,24-27H2,1-4H3,(H,56,57)(H,49,51,52)/b34-29+,46-23?. The third-order valence-electron chi connectivity index (χ3n) is 13.3. The number of unbranched alkanes of at least 4 members (excludes halogenated alkanes) is 1. The van der Waals surface area contributed by atoms with Gasteiger partial charge < -0.3 is 41.2 Å². The molecule has 14 heteroatoms. The molecule has 3 aromatic heterocycles. The summed E-state index contributed by atoms with van der Waals surface area (Å²) in [5.41, 5.74) is 4.89. The van der Waals surface area contributed by atoms with Gasteiger partial charge in [-0.05, 0) is 132 Å². The predicted molar refractivity (Wildman–Crippen MR) is 234 cm³/mol. The second-order valence-electron chi connectivity index (χ2n) is 18.3. The average Bonchev–Trinajstić information content (AvgIpc) is 3.56. The molecular formula is C45H59N9O4S. The Balaban J connectivity index is 0.981. The molecule has 0 saturated heterocycles. The molecular weight excluding hydrogens is 763 g/mol. The first-order valence-electron chi connectivity index (χ1n) is 21.3. The van der Waals surface area contributed by atoms with Gasteiger partial charge in [-0.1, -0.05) is 37.3 Å². The summed E-state index contributed by atoms with van der Waals surface area (Å²) >= 11 is 1.57. The second-order valence-corrected chi connectivity index (χ2v) is 19.3. The number of rotatable bonds is 17. The van der Waals surface area contributed by atoms with E-state index in [1.165, 1.54) is 19.1 Å². The Morgan fingerprint density at radius 2 is 1.86 bits per heavy atom. The maximum absolute atomic E-state index is 12.9. The van der Waals surface area contributed by atoms with Crippen LogP contribution in [0.2, 0.25) is 0 Å². The van der Waals surface area contributed by atoms with E-state index in [9.17, 15) is 9.90 Å². The van der Waals surface area contributed by atoms with Crippen LogP contribution < -0.4 is 20.9 Å². The van der Waals surface area contributed by atoms with Crippen molar-refractivity contribution >= 4 is 61.9 Å². The summed E-state index contributed by atoms with van der Waals surface area (Å²) in [7, 11) is 0. The SMILES string of the molecule is C/C(NCC1CC2(C)CC3(C)CC1CC(OCCNCCCCO)(C2)C3)=C(/C=N)c1ccc(N2CCCc3c2nnc(Nc2nc4ccccc4s2)c3C)nc1C(=O)O. The fraction of sp³-hybridized carbons (Fsp3) is 0.556. The van der Waals surface area contributed by atoms with Crippen molar-refractivity contribution in [2.24, 2.45) is 22.7 Å². The molecule has 0 amide bonds. The number of hydrogen-bond donors (Lipinski definition) is 6. The monoisotopic (exact) mass is 821 g/mol. The Labute approximate surface area is 351 Å². The van der Waals surface area contributed by atoms with E-state index in [1.807, 2.05) is 49.1 Å². The Kier molecular flexibility index (Phi) is 11.8. The average molecular weight is 822 g/mol. The van der Waals surface area contributed by atoms with Crippen molar-refractivity contribution in [3.63, 3.8) is 0 Å². The summed E-state index contributed by atoms with van der Waals surface area (Å²) in [5, 5.41) is 48.6. The van der Waals surface area contributed by atoms with Gasteiger partial charge in [-0.15, -0.1) is 10.2 Å². The highest BCUT2D eigenvalue weighted by Gasteiger charge is 2.60. The van der Waals surface area contributed by atoms with Crippen LogP contribution >= 0.6 is 11.3 Å². The molecule has 4 fully saturated rings. The van der Waals surface area contributed by atoms with E-state index in [0.29, 0.717) is 53.6 Å². The van der Waals surface area contributed by atoms with Crippen molar-refractivity contribution in [1.82, 2.24) is 30.8 Å². The number of aromatic nitrogens is 4. The van der Waals surface area contributed by atoms with Crippen molar-refractivity contribution in [1.29, 1.82) is 5.41 Å². The number of aliphatic hydroxyl groups excluding tert-OH is 1. The Morgan fingerprint density at radius 1 is 1.05 bits per heavy atom. The number of hydrogen-bond acceptors (Lipinski definition) is 13. The van der Waals surface area contributed by atoms with E-state index >= 15 is 0 Å². The molecule has 0 spiro atoms. The van der Waals surface area contributed by atoms with Crippen LogP contribution in [0.4, 0.5) is 22.6 Å². The molecule has 9 rings (SSSR count). The number of thiazole rings is 1. The van der Waals surface area contributed by atoms with E-state index in [2.05, 4.69) is 40.0 Å². The highest BCUT2D eigenvalue weighted by atomic mass is 32.1. The molecule has 0 radical (unpaired) electrons. The molecule has 5 aliphatic rings. The number of benzene rings is 1. The van der Waals surface area contributed by atoms with E-state index in [1.54, 1.807) is 17.4 Å². The molecule has 1 aliphatic heterocycles. The summed E-state index contributed by atoms with van der Waals surface area (Å²) in [6.07, 6.45) is 11.5. The van der Waals surface area contributed by atoms with Gasteiger partial charge in [0.15, 0.2) is 22.5 Å². The van der Waals surface area contributed by atoms with Crippen LogP contribution in [0.1, 0.15) is 106 Å². The number of anilines is 4. The molecule has 6 N–H and O–H groups in total. The lowest BCUT2D eigenvalue weighted by molar-refractivity contribution is -0.162. The summed E-state index contributed by atoms with van der Waals surface area (Å²) in [6.45, 7) is 12.9. The van der Waals surface area contributed by atoms with E-state index in [0.717, 1.165) is 103 Å². The lowest BCUT2D eigenvalue weighted by Crippen LogP contribution is -2.53. The molecule has 4 aromatic rings. The predicted octanol–water partition coefficient (Wildman–Crippen LogP) is 8.03. The van der Waals surface area contributed by atoms with Crippen molar-refractivity contribution < 1.29 is 19.7 Å². The van der Waals surface area contributed by atoms with Gasteiger partial charge in [0.1, 0.15) is 5.82 Å². The molecule has 4 bridgehead atoms. The fourth-order valence-electron chi connectivity index (χ4n) is 11.4. The van der Waals surface area contributed by atoms with Crippen molar-refractivity contribution in [2.45, 2.75) is 97.5 Å². The minimum Gasteiger partial charge on any atom is -0.476 e. The van der Waals surface area contributed by atoms with Gasteiger partial charge in [-0.25, -0.2) is 14.8 Å². The molecule has 13 nitrogen and oxygen atoms in total. The number of pyridine rings is 1. The van der Waals surface area contributed by atoms with Gasteiger partial charge in [0.05, 0.1) is 22.4 Å². The van der Waals surface area contributed by atoms with Gasteiger partial charge in [-0.3, -0.25) is 0 Å². The molecule has 1 aromatic carbocycles. The van der Waals surface area contributed by atoms with Gasteiger partial charge in [0, 0.05) is 60.4 Å². The van der Waals surface area contributed by atoms with Crippen LogP contribution in [-0.2, 0) is 11.2 Å². The zero-order valence-corrected chi connectivity index (χ0v) is 35.7. The van der Waals surface area contributed by atoms with Crippen molar-refractivity contribution in [3.05, 3.63) is 64.5 Å². The molecule has 4 aliphatic carbocycles. The van der Waals surface area contributed by atoms with Gasteiger partial charge in [0.2, 0.25) is 0 Å². The number of para-hydroxylation sites is 1. The number of carboxylic acid groups (broad SMARTS) is 1. The maximum Gasteiger partial charge on any atom is 0.355 e. The van der Waals surface area contributed by atoms with E-state index < -0.39 is 5.97 Å². The zero-order chi connectivity index (χ0) is 41.4. The van der Waals surface area contributed by atoms with Crippen LogP contribution in [0.25, 0.3) is 15.8 Å². The number of aliphatic hydroxyl groups is 1. The van der Waals surface area contributed by atoms with Gasteiger partial charge in [0.25, 0.3) is 0 Å². The second kappa shape index (κ2) is 16.9. The minimum absolute atomic E-state index is 0.0964. The third kappa shape index (κ3) is 8.59. The Morgan fingerprint density at radius 3 is 2.64 bits per heavy atom. The maximum atomic E-state index is 12.9. The number of ether oxygens (including phenoxy) is 1. The van der Waals surface area contributed by atoms with Gasteiger partial charge >= 0.3 is 5.97 Å². The van der Waals surface area contributed by atoms with E-state index in [-0.39, 0.29) is 28.7 Å². The van der Waals surface area contributed by atoms with Crippen molar-refractivity contribution in [2.75, 3.05) is 49.6 Å². The summed E-state index contributed by atoms with van der Waals surface area (Å²) < 4.78 is 7.94. The van der Waals surface area contributed by atoms with E-state index in [4.69, 9.17) is 25.2 Å². The van der Waals surface area contributed by atoms with Crippen LogP contribution in [0.15, 0.2) is 42.1 Å². The molecule has 59 heavy (non-hydrogen) atoms. The Bertz CT molecular complexity index is 2210. The normalized spacial score (nSPS) is 26.4. The summed E-state index contributed by atoms with van der Waals surface area (Å²) in [6, 6.07) is 11.6. The number of carbonyl (C=O) groups is 1. The van der Waals surface area contributed by atoms with Gasteiger partial charge in [-0.2, -0.15) is 0 Å². The van der Waals surface area contributed by atoms with Crippen LogP contribution in [0.3, 0.4) is 0 Å². The molecule has 5 unspecified atom stereocenters.